The van der Waals surface area contributed by atoms with Crippen LogP contribution in [0.1, 0.15) is 23.6 Å². The van der Waals surface area contributed by atoms with Crippen molar-refractivity contribution in [3.63, 3.8) is 0 Å². The van der Waals surface area contributed by atoms with E-state index in [0.29, 0.717) is 6.61 Å². The van der Waals surface area contributed by atoms with Crippen molar-refractivity contribution in [3.05, 3.63) is 83.6 Å². The third-order valence-corrected chi connectivity index (χ3v) is 5.85. The molecule has 0 aliphatic carbocycles. The highest BCUT2D eigenvalue weighted by Crippen LogP contribution is 2.35. The first-order valence-electron chi connectivity index (χ1n) is 10.6. The average Bonchev–Trinajstić information content (AvgIpc) is 3.16. The smallest absolute Gasteiger partial charge is 0.120 e. The molecular formula is C27H25N3O. The molecule has 0 amide bonds. The number of nitrogens with zero attached hydrogens (tertiary/aromatic N) is 3. The fraction of sp³-hybridized carbons (Fsp3) is 0.185. The third-order valence-electron chi connectivity index (χ3n) is 5.85. The van der Waals surface area contributed by atoms with E-state index in [-0.39, 0.29) is 0 Å². The lowest BCUT2D eigenvalue weighted by atomic mass is 10.0. The lowest BCUT2D eigenvalue weighted by Crippen LogP contribution is -1.98. The predicted molar refractivity (Wildman–Crippen MR) is 127 cm³/mol. The Hall–Kier alpha value is -3.66. The molecule has 0 radical (unpaired) electrons. The first-order valence-corrected chi connectivity index (χ1v) is 10.6. The predicted octanol–water partition coefficient (Wildman–Crippen LogP) is 6.56. The maximum atomic E-state index is 5.79. The molecule has 4 nitrogen and oxygen atoms in total. The van der Waals surface area contributed by atoms with Crippen LogP contribution in [0.2, 0.25) is 0 Å². The van der Waals surface area contributed by atoms with Crippen LogP contribution in [0.5, 0.6) is 5.75 Å². The van der Waals surface area contributed by atoms with Gasteiger partial charge in [-0.25, -0.2) is 4.68 Å². The quantitative estimate of drug-likeness (QED) is 0.338. The molecule has 0 fully saturated rings. The van der Waals surface area contributed by atoms with Crippen LogP contribution in [-0.2, 0) is 0 Å². The van der Waals surface area contributed by atoms with Gasteiger partial charge in [0.15, 0.2) is 0 Å². The molecule has 5 rings (SSSR count). The van der Waals surface area contributed by atoms with Crippen molar-refractivity contribution in [1.82, 2.24) is 14.8 Å². The van der Waals surface area contributed by atoms with Gasteiger partial charge in [-0.3, -0.25) is 4.98 Å². The highest BCUT2D eigenvalue weighted by molar-refractivity contribution is 6.09. The number of aryl methyl sites for hydroxylation is 3. The van der Waals surface area contributed by atoms with Gasteiger partial charge in [-0.15, -0.1) is 0 Å². The molecule has 0 spiro atoms. The van der Waals surface area contributed by atoms with Gasteiger partial charge in [0.1, 0.15) is 11.4 Å². The molecule has 5 aromatic rings. The monoisotopic (exact) mass is 407 g/mol. The zero-order valence-corrected chi connectivity index (χ0v) is 18.3. The Labute approximate surface area is 182 Å². The van der Waals surface area contributed by atoms with Gasteiger partial charge in [0.25, 0.3) is 0 Å². The van der Waals surface area contributed by atoms with E-state index >= 15 is 0 Å². The minimum atomic E-state index is 0.625. The molecule has 154 valence electrons. The van der Waals surface area contributed by atoms with Crippen molar-refractivity contribution in [3.8, 4) is 22.7 Å². The summed E-state index contributed by atoms with van der Waals surface area (Å²) < 4.78 is 7.83. The van der Waals surface area contributed by atoms with E-state index < -0.39 is 0 Å². The summed E-state index contributed by atoms with van der Waals surface area (Å²) in [5, 5.41) is 7.16. The number of pyridine rings is 1. The summed E-state index contributed by atoms with van der Waals surface area (Å²) >= 11 is 0. The largest absolute Gasteiger partial charge is 0.494 e. The van der Waals surface area contributed by atoms with Gasteiger partial charge in [0, 0.05) is 22.5 Å². The van der Waals surface area contributed by atoms with Crippen LogP contribution in [0.25, 0.3) is 38.8 Å². The highest BCUT2D eigenvalue weighted by Gasteiger charge is 2.18. The Morgan fingerprint density at radius 2 is 1.65 bits per heavy atom. The number of benzene rings is 3. The van der Waals surface area contributed by atoms with Gasteiger partial charge < -0.3 is 4.74 Å². The molecule has 31 heavy (non-hydrogen) atoms. The molecular weight excluding hydrogens is 382 g/mol. The first kappa shape index (κ1) is 19.3. The molecule has 0 N–H and O–H groups in total. The molecule has 0 aliphatic rings. The van der Waals surface area contributed by atoms with Crippen molar-refractivity contribution in [1.29, 1.82) is 0 Å². The number of hydrogen-bond donors (Lipinski definition) is 0. The summed E-state index contributed by atoms with van der Waals surface area (Å²) in [5.74, 6) is 0.841. The molecule has 0 saturated heterocycles. The number of fused-ring (bicyclic) bond motifs is 3. The lowest BCUT2D eigenvalue weighted by molar-refractivity contribution is 0.341. The SMILES string of the molecule is CCOc1ccc2ncc3c(-c4ccc(C)c(C)c4)nn(-c4ccc(C)cc4)c3c2c1. The molecule has 4 heteroatoms. The number of hydrogen-bond acceptors (Lipinski definition) is 3. The second kappa shape index (κ2) is 7.55. The minimum absolute atomic E-state index is 0.625. The second-order valence-corrected chi connectivity index (χ2v) is 8.03. The first-order chi connectivity index (χ1) is 15.0. The molecule has 3 aromatic carbocycles. The van der Waals surface area contributed by atoms with Gasteiger partial charge >= 0.3 is 0 Å². The van der Waals surface area contributed by atoms with Gasteiger partial charge in [-0.2, -0.15) is 5.10 Å². The van der Waals surface area contributed by atoms with Crippen molar-refractivity contribution in [2.45, 2.75) is 27.7 Å². The third kappa shape index (κ3) is 3.34. The fourth-order valence-corrected chi connectivity index (χ4v) is 3.99. The van der Waals surface area contributed by atoms with E-state index in [4.69, 9.17) is 14.8 Å². The van der Waals surface area contributed by atoms with Gasteiger partial charge in [-0.1, -0.05) is 29.8 Å². The summed E-state index contributed by atoms with van der Waals surface area (Å²) in [4.78, 5) is 4.75. The van der Waals surface area contributed by atoms with Crippen molar-refractivity contribution >= 4 is 21.8 Å². The molecule has 0 saturated carbocycles. The Morgan fingerprint density at radius 1 is 0.839 bits per heavy atom. The zero-order chi connectivity index (χ0) is 21.5. The highest BCUT2D eigenvalue weighted by atomic mass is 16.5. The molecule has 2 aromatic heterocycles. The maximum Gasteiger partial charge on any atom is 0.120 e. The van der Waals surface area contributed by atoms with Crippen molar-refractivity contribution < 1.29 is 4.74 Å². The van der Waals surface area contributed by atoms with Crippen LogP contribution in [0.3, 0.4) is 0 Å². The van der Waals surface area contributed by atoms with Crippen molar-refractivity contribution in [2.24, 2.45) is 0 Å². The molecule has 0 bridgehead atoms. The second-order valence-electron chi connectivity index (χ2n) is 8.03. The van der Waals surface area contributed by atoms with Crippen LogP contribution in [0.4, 0.5) is 0 Å². The summed E-state index contributed by atoms with van der Waals surface area (Å²) in [5.41, 5.74) is 8.79. The normalized spacial score (nSPS) is 11.4. The van der Waals surface area contributed by atoms with E-state index in [1.807, 2.05) is 29.9 Å². The van der Waals surface area contributed by atoms with Crippen molar-refractivity contribution in [2.75, 3.05) is 6.61 Å². The minimum Gasteiger partial charge on any atom is -0.494 e. The lowest BCUT2D eigenvalue weighted by Gasteiger charge is -2.08. The molecule has 0 aliphatic heterocycles. The van der Waals surface area contributed by atoms with E-state index in [9.17, 15) is 0 Å². The number of ether oxygens (including phenoxy) is 1. The van der Waals surface area contributed by atoms with Crippen LogP contribution >= 0.6 is 0 Å². The zero-order valence-electron chi connectivity index (χ0n) is 18.3. The van der Waals surface area contributed by atoms with Crippen LogP contribution in [0, 0.1) is 20.8 Å². The van der Waals surface area contributed by atoms with Crippen LogP contribution < -0.4 is 4.74 Å². The molecule has 0 unspecified atom stereocenters. The molecule has 0 atom stereocenters. The Kier molecular flexibility index (Phi) is 4.70. The Balaban J connectivity index is 1.86. The fourth-order valence-electron chi connectivity index (χ4n) is 3.99. The summed E-state index contributed by atoms with van der Waals surface area (Å²) in [6, 6.07) is 21.0. The van der Waals surface area contributed by atoms with E-state index in [1.165, 1.54) is 16.7 Å². The molecule has 2 heterocycles. The number of aromatic nitrogens is 3. The average molecular weight is 408 g/mol. The van der Waals surface area contributed by atoms with E-state index in [2.05, 4.69) is 69.3 Å². The van der Waals surface area contributed by atoms with Gasteiger partial charge in [-0.05, 0) is 75.2 Å². The topological polar surface area (TPSA) is 39.9 Å². The van der Waals surface area contributed by atoms with E-state index in [1.54, 1.807) is 0 Å². The van der Waals surface area contributed by atoms with Gasteiger partial charge in [0.05, 0.1) is 23.3 Å². The summed E-state index contributed by atoms with van der Waals surface area (Å²) in [6.45, 7) is 8.99. The maximum absolute atomic E-state index is 5.79. The number of rotatable bonds is 4. The Morgan fingerprint density at radius 3 is 2.39 bits per heavy atom. The van der Waals surface area contributed by atoms with Crippen LogP contribution in [0.15, 0.2) is 66.9 Å². The Bertz CT molecular complexity index is 1410. The van der Waals surface area contributed by atoms with E-state index in [0.717, 1.165) is 44.5 Å². The van der Waals surface area contributed by atoms with Crippen LogP contribution in [-0.4, -0.2) is 21.4 Å². The summed E-state index contributed by atoms with van der Waals surface area (Å²) in [6.07, 6.45) is 1.94. The van der Waals surface area contributed by atoms with Gasteiger partial charge in [0.2, 0.25) is 0 Å². The summed E-state index contributed by atoms with van der Waals surface area (Å²) in [7, 11) is 0. The standard InChI is InChI=1S/C27H25N3O/c1-5-31-22-12-13-25-23(15-22)27-24(16-28-25)26(20-9-8-18(3)19(4)14-20)29-30(27)21-10-6-17(2)7-11-21/h6-16H,5H2,1-4H3.